The first kappa shape index (κ1) is 15.0. The highest BCUT2D eigenvalue weighted by Crippen LogP contribution is 2.36. The van der Waals surface area contributed by atoms with Crippen LogP contribution in [0.1, 0.15) is 28.8 Å². The van der Waals surface area contributed by atoms with Crippen LogP contribution in [0.5, 0.6) is 0 Å². The predicted octanol–water partition coefficient (Wildman–Crippen LogP) is 3.26. The van der Waals surface area contributed by atoms with Crippen molar-refractivity contribution < 1.29 is 4.92 Å². The van der Waals surface area contributed by atoms with Gasteiger partial charge in [-0.05, 0) is 31.4 Å². The summed E-state index contributed by atoms with van der Waals surface area (Å²) in [4.78, 5) is 11.3. The van der Waals surface area contributed by atoms with Crippen LogP contribution in [0.3, 0.4) is 0 Å². The average Bonchev–Trinajstić information content (AvgIpc) is 2.88. The molecule has 1 heterocycles. The van der Waals surface area contributed by atoms with Crippen LogP contribution in [0.15, 0.2) is 29.4 Å². The quantitative estimate of drug-likeness (QED) is 0.662. The average molecular weight is 327 g/mol. The summed E-state index contributed by atoms with van der Waals surface area (Å²) >= 11 is 1.44. The van der Waals surface area contributed by atoms with Crippen LogP contribution in [0.4, 0.5) is 16.4 Å². The minimum Gasteiger partial charge on any atom is -0.389 e. The number of nitrogens with two attached hydrogens (primary N) is 1. The van der Waals surface area contributed by atoms with E-state index in [4.69, 9.17) is 5.73 Å². The number of nitrogens with one attached hydrogen (secondary N) is 1. The number of hydrogen-bond acceptors (Lipinski definition) is 7. The molecule has 0 saturated carbocycles. The van der Waals surface area contributed by atoms with E-state index in [1.807, 2.05) is 0 Å². The van der Waals surface area contributed by atoms with E-state index in [0.717, 1.165) is 35.4 Å². The van der Waals surface area contributed by atoms with E-state index in [0.29, 0.717) is 16.3 Å². The Kier molecular flexibility index (Phi) is 3.95. The van der Waals surface area contributed by atoms with Crippen LogP contribution in [-0.2, 0) is 6.42 Å². The summed E-state index contributed by atoms with van der Waals surface area (Å²) in [6, 6.07) is 8.18. The molecule has 0 amide bonds. The number of anilines is 2. The normalized spacial score (nSPS) is 15.0. The number of hydrazone groups is 1. The highest BCUT2D eigenvalue weighted by atomic mass is 32.1. The number of rotatable bonds is 3. The van der Waals surface area contributed by atoms with Crippen molar-refractivity contribution in [3.8, 4) is 6.07 Å². The molecule has 2 aromatic rings. The van der Waals surface area contributed by atoms with E-state index < -0.39 is 4.92 Å². The molecule has 0 radical (unpaired) electrons. The second-order valence-corrected chi connectivity index (χ2v) is 6.22. The molecule has 0 saturated heterocycles. The molecule has 0 unspecified atom stereocenters. The first-order valence-corrected chi connectivity index (χ1v) is 7.80. The number of hydrogen-bond donors (Lipinski definition) is 2. The second-order valence-electron chi connectivity index (χ2n) is 5.08. The maximum Gasteiger partial charge on any atom is 0.269 e. The molecular formula is C15H13N5O2S. The first-order chi connectivity index (χ1) is 11.1. The van der Waals surface area contributed by atoms with Crippen LogP contribution in [-0.4, -0.2) is 10.6 Å². The third kappa shape index (κ3) is 2.86. The van der Waals surface area contributed by atoms with E-state index >= 15 is 0 Å². The number of non-ortho nitro benzene ring substituents is 1. The zero-order valence-corrected chi connectivity index (χ0v) is 12.9. The Hall–Kier alpha value is -2.92. The Morgan fingerprint density at radius 2 is 2.09 bits per heavy atom. The Labute approximate surface area is 136 Å². The molecular weight excluding hydrogens is 314 g/mol. The van der Waals surface area contributed by atoms with Gasteiger partial charge in [-0.3, -0.25) is 15.5 Å². The third-order valence-electron chi connectivity index (χ3n) is 3.62. The molecule has 116 valence electrons. The summed E-state index contributed by atoms with van der Waals surface area (Å²) < 4.78 is 0. The van der Waals surface area contributed by atoms with Gasteiger partial charge in [0, 0.05) is 22.6 Å². The number of nitriles is 1. The maximum atomic E-state index is 10.6. The van der Waals surface area contributed by atoms with Gasteiger partial charge >= 0.3 is 0 Å². The molecule has 1 aromatic carbocycles. The smallest absolute Gasteiger partial charge is 0.269 e. The van der Waals surface area contributed by atoms with Crippen molar-refractivity contribution >= 4 is 33.4 Å². The molecule has 7 nitrogen and oxygen atoms in total. The number of nitro groups is 1. The molecule has 23 heavy (non-hydrogen) atoms. The molecule has 1 aliphatic carbocycles. The molecule has 0 spiro atoms. The van der Waals surface area contributed by atoms with Crippen molar-refractivity contribution in [3.63, 3.8) is 0 Å². The molecule has 3 rings (SSSR count). The molecule has 8 heteroatoms. The van der Waals surface area contributed by atoms with Crippen molar-refractivity contribution in [2.24, 2.45) is 5.10 Å². The van der Waals surface area contributed by atoms with Crippen molar-refractivity contribution in [1.29, 1.82) is 5.26 Å². The van der Waals surface area contributed by atoms with E-state index in [1.165, 1.54) is 23.5 Å². The lowest BCUT2D eigenvalue weighted by molar-refractivity contribution is -0.384. The molecule has 1 aromatic heterocycles. The standard InChI is InChI=1S/C15H13N5O2S/c16-8-11-14-12(2-1-3-13(14)23-15(11)17)19-18-9-4-6-10(7-5-9)20(21)22/h4-7,18H,1-3,17H2/b19-12+. The fourth-order valence-electron chi connectivity index (χ4n) is 2.53. The number of benzene rings is 1. The van der Waals surface area contributed by atoms with Gasteiger partial charge in [0.1, 0.15) is 11.1 Å². The minimum absolute atomic E-state index is 0.0283. The van der Waals surface area contributed by atoms with Crippen LogP contribution in [0, 0.1) is 21.4 Å². The van der Waals surface area contributed by atoms with Crippen LogP contribution < -0.4 is 11.2 Å². The summed E-state index contributed by atoms with van der Waals surface area (Å²) in [6.45, 7) is 0. The number of nitrogens with zero attached hydrogens (tertiary/aromatic N) is 3. The predicted molar refractivity (Wildman–Crippen MR) is 89.6 cm³/mol. The van der Waals surface area contributed by atoms with E-state index in [2.05, 4.69) is 16.6 Å². The van der Waals surface area contributed by atoms with Gasteiger partial charge in [-0.15, -0.1) is 11.3 Å². The summed E-state index contributed by atoms with van der Waals surface area (Å²) in [6.07, 6.45) is 2.62. The number of nitro benzene ring substituents is 1. The Morgan fingerprint density at radius 1 is 1.35 bits per heavy atom. The minimum atomic E-state index is -0.448. The third-order valence-corrected chi connectivity index (χ3v) is 4.70. The van der Waals surface area contributed by atoms with Gasteiger partial charge in [0.2, 0.25) is 0 Å². The fraction of sp³-hybridized carbons (Fsp3) is 0.200. The Balaban J connectivity index is 1.87. The van der Waals surface area contributed by atoms with Gasteiger partial charge in [-0.2, -0.15) is 10.4 Å². The number of thiophene rings is 1. The van der Waals surface area contributed by atoms with Crippen LogP contribution >= 0.6 is 11.3 Å². The highest BCUT2D eigenvalue weighted by molar-refractivity contribution is 7.16. The van der Waals surface area contributed by atoms with Crippen molar-refractivity contribution in [3.05, 3.63) is 50.4 Å². The molecule has 0 atom stereocenters. The SMILES string of the molecule is N#Cc1c(N)sc2c1/C(=N/Nc1ccc([N+](=O)[O-])cc1)CCC2. The second kappa shape index (κ2) is 6.06. The number of fused-ring (bicyclic) bond motifs is 1. The molecule has 0 fully saturated rings. The van der Waals surface area contributed by atoms with Crippen LogP contribution in [0.25, 0.3) is 0 Å². The lowest BCUT2D eigenvalue weighted by atomic mass is 9.94. The largest absolute Gasteiger partial charge is 0.389 e. The van der Waals surface area contributed by atoms with E-state index in [-0.39, 0.29) is 5.69 Å². The molecule has 0 bridgehead atoms. The van der Waals surface area contributed by atoms with Gasteiger partial charge in [0.15, 0.2) is 0 Å². The van der Waals surface area contributed by atoms with Gasteiger partial charge in [-0.1, -0.05) is 0 Å². The fourth-order valence-corrected chi connectivity index (χ4v) is 3.62. The van der Waals surface area contributed by atoms with Crippen LogP contribution in [0.2, 0.25) is 0 Å². The van der Waals surface area contributed by atoms with Gasteiger partial charge in [0.05, 0.1) is 21.9 Å². The van der Waals surface area contributed by atoms with Gasteiger partial charge in [0.25, 0.3) is 5.69 Å². The Bertz CT molecular complexity index is 833. The van der Waals surface area contributed by atoms with Crippen molar-refractivity contribution in [2.75, 3.05) is 11.2 Å². The lowest BCUT2D eigenvalue weighted by Crippen LogP contribution is -2.13. The van der Waals surface area contributed by atoms with Crippen molar-refractivity contribution in [1.82, 2.24) is 0 Å². The highest BCUT2D eigenvalue weighted by Gasteiger charge is 2.24. The zero-order valence-electron chi connectivity index (χ0n) is 12.1. The monoisotopic (exact) mass is 327 g/mol. The zero-order chi connectivity index (χ0) is 16.4. The Morgan fingerprint density at radius 3 is 2.74 bits per heavy atom. The van der Waals surface area contributed by atoms with E-state index in [9.17, 15) is 15.4 Å². The van der Waals surface area contributed by atoms with Gasteiger partial charge < -0.3 is 5.73 Å². The number of aryl methyl sites for hydroxylation is 1. The summed E-state index contributed by atoms with van der Waals surface area (Å²) in [5, 5.41) is 24.8. The van der Waals surface area contributed by atoms with Crippen molar-refractivity contribution in [2.45, 2.75) is 19.3 Å². The molecule has 1 aliphatic rings. The maximum absolute atomic E-state index is 10.6. The number of nitrogen functional groups attached to an aromatic ring is 1. The summed E-state index contributed by atoms with van der Waals surface area (Å²) in [7, 11) is 0. The van der Waals surface area contributed by atoms with E-state index in [1.54, 1.807) is 12.1 Å². The molecule has 3 N–H and O–H groups in total. The summed E-state index contributed by atoms with van der Waals surface area (Å²) in [5.74, 6) is 0. The lowest BCUT2D eigenvalue weighted by Gasteiger charge is -2.14. The van der Waals surface area contributed by atoms with Gasteiger partial charge in [-0.25, -0.2) is 0 Å². The first-order valence-electron chi connectivity index (χ1n) is 6.98. The molecule has 0 aliphatic heterocycles. The topological polar surface area (TPSA) is 117 Å². The summed E-state index contributed by atoms with van der Waals surface area (Å²) in [5.41, 5.74) is 11.6.